The van der Waals surface area contributed by atoms with Crippen molar-refractivity contribution in [2.24, 2.45) is 0 Å². The number of hydrogen-bond donors (Lipinski definition) is 1. The molecule has 156 valence electrons. The van der Waals surface area contributed by atoms with E-state index in [1.807, 2.05) is 12.2 Å². The number of hydrogen-bond acceptors (Lipinski definition) is 7. The lowest BCUT2D eigenvalue weighted by Gasteiger charge is -2.21. The minimum Gasteiger partial charge on any atom is -0.498 e. The van der Waals surface area contributed by atoms with Crippen molar-refractivity contribution >= 4 is 25.0 Å². The maximum absolute atomic E-state index is 11.7. The van der Waals surface area contributed by atoms with Gasteiger partial charge in [0.15, 0.2) is 0 Å². The van der Waals surface area contributed by atoms with Crippen LogP contribution in [0.3, 0.4) is 0 Å². The maximum atomic E-state index is 11.7. The molecule has 0 spiro atoms. The molecule has 1 aromatic carbocycles. The van der Waals surface area contributed by atoms with E-state index in [4.69, 9.17) is 14.0 Å². The topological polar surface area (TPSA) is 102 Å². The molecule has 1 aromatic rings. The van der Waals surface area contributed by atoms with Crippen LogP contribution in [0.1, 0.15) is 35.2 Å². The van der Waals surface area contributed by atoms with E-state index < -0.39 is 25.0 Å². The Morgan fingerprint density at radius 3 is 2.52 bits per heavy atom. The van der Waals surface area contributed by atoms with E-state index in [1.165, 1.54) is 4.90 Å². The van der Waals surface area contributed by atoms with Crippen LogP contribution in [-0.2, 0) is 25.3 Å². The minimum absolute atomic E-state index is 0.0535. The Bertz CT molecular complexity index is 745. The molecule has 2 rings (SSSR count). The molecule has 0 radical (unpaired) electrons. The highest BCUT2D eigenvalue weighted by molar-refractivity contribution is 6.49. The lowest BCUT2D eigenvalue weighted by molar-refractivity contribution is -0.145. The van der Waals surface area contributed by atoms with Crippen molar-refractivity contribution in [3.63, 3.8) is 0 Å². The van der Waals surface area contributed by atoms with Crippen molar-refractivity contribution in [2.75, 3.05) is 27.2 Å². The maximum Gasteiger partial charge on any atom is 0.602 e. The molecular weight excluding hydrogens is 377 g/mol. The molecule has 0 atom stereocenters. The summed E-state index contributed by atoms with van der Waals surface area (Å²) in [5.41, 5.74) is 1.04. The molecule has 29 heavy (non-hydrogen) atoms. The SMILES string of the molecule is COc1ccc(C(=O)O)c(CCCC/C=C/CB2OC(=O)CN(C)CC(=O)O2)c1. The van der Waals surface area contributed by atoms with Crippen LogP contribution in [0, 0.1) is 0 Å². The molecule has 0 amide bonds. The first-order chi connectivity index (χ1) is 13.9. The third-order valence-electron chi connectivity index (χ3n) is 4.43. The van der Waals surface area contributed by atoms with Gasteiger partial charge in [0, 0.05) is 6.32 Å². The molecule has 1 saturated heterocycles. The van der Waals surface area contributed by atoms with E-state index in [2.05, 4.69) is 0 Å². The van der Waals surface area contributed by atoms with Gasteiger partial charge in [-0.3, -0.25) is 14.5 Å². The monoisotopic (exact) mass is 403 g/mol. The van der Waals surface area contributed by atoms with Crippen LogP contribution in [-0.4, -0.2) is 62.3 Å². The summed E-state index contributed by atoms with van der Waals surface area (Å²) in [4.78, 5) is 36.2. The van der Waals surface area contributed by atoms with E-state index in [-0.39, 0.29) is 13.1 Å². The van der Waals surface area contributed by atoms with Gasteiger partial charge in [-0.05, 0) is 56.5 Å². The molecule has 0 aliphatic carbocycles. The first kappa shape index (κ1) is 22.5. The molecule has 0 bridgehead atoms. The predicted octanol–water partition coefficient (Wildman–Crippen LogP) is 2.18. The number of carboxylic acid groups (broad SMARTS) is 1. The van der Waals surface area contributed by atoms with E-state index >= 15 is 0 Å². The largest absolute Gasteiger partial charge is 0.602 e. The molecular formula is C20H26BNO7. The van der Waals surface area contributed by atoms with Gasteiger partial charge < -0.3 is 19.2 Å². The number of nitrogens with zero attached hydrogens (tertiary/aromatic N) is 1. The highest BCUT2D eigenvalue weighted by Gasteiger charge is 2.30. The van der Waals surface area contributed by atoms with Gasteiger partial charge in [-0.1, -0.05) is 12.2 Å². The Hall–Kier alpha value is -2.81. The van der Waals surface area contributed by atoms with E-state index in [0.717, 1.165) is 24.8 Å². The van der Waals surface area contributed by atoms with Crippen molar-refractivity contribution < 1.29 is 33.5 Å². The van der Waals surface area contributed by atoms with Crippen LogP contribution >= 0.6 is 0 Å². The van der Waals surface area contributed by atoms with Crippen LogP contribution < -0.4 is 4.74 Å². The van der Waals surface area contributed by atoms with E-state index in [1.54, 1.807) is 32.4 Å². The van der Waals surface area contributed by atoms with Crippen LogP contribution in [0.25, 0.3) is 0 Å². The molecule has 1 aliphatic rings. The number of aromatic carboxylic acids is 1. The number of carbonyl (C=O) groups excluding carboxylic acids is 2. The summed E-state index contributed by atoms with van der Waals surface area (Å²) in [5, 5.41) is 9.29. The standard InChI is InChI=1S/C20H26BNO7/c1-22-13-18(23)28-21(29-19(24)14-22)11-7-5-3-4-6-8-15-12-16(27-2)9-10-17(15)20(25)26/h5,7,9-10,12H,3-4,6,8,11,13-14H2,1-2H3,(H,25,26)/b7-5+. The molecule has 1 fully saturated rings. The second-order valence-electron chi connectivity index (χ2n) is 6.86. The molecule has 0 unspecified atom stereocenters. The van der Waals surface area contributed by atoms with Gasteiger partial charge in [-0.2, -0.15) is 0 Å². The Balaban J connectivity index is 1.75. The van der Waals surface area contributed by atoms with Gasteiger partial charge >= 0.3 is 25.0 Å². The Labute approximate surface area is 170 Å². The number of methoxy groups -OCH3 is 1. The summed E-state index contributed by atoms with van der Waals surface area (Å²) in [6.07, 6.45) is 7.17. The Morgan fingerprint density at radius 1 is 1.21 bits per heavy atom. The van der Waals surface area contributed by atoms with Crippen LogP contribution in [0.2, 0.25) is 6.32 Å². The molecule has 9 heteroatoms. The quantitative estimate of drug-likeness (QED) is 0.380. The second kappa shape index (κ2) is 11.3. The fourth-order valence-corrected chi connectivity index (χ4v) is 3.00. The van der Waals surface area contributed by atoms with Crippen molar-refractivity contribution in [2.45, 2.75) is 32.0 Å². The summed E-state index contributed by atoms with van der Waals surface area (Å²) < 4.78 is 15.4. The van der Waals surface area contributed by atoms with E-state index in [9.17, 15) is 19.5 Å². The number of unbranched alkanes of at least 4 members (excludes halogenated alkanes) is 2. The number of carboxylic acids is 1. The number of aryl methyl sites for hydroxylation is 1. The lowest BCUT2D eigenvalue weighted by Crippen LogP contribution is -2.42. The molecule has 0 saturated carbocycles. The molecule has 8 nitrogen and oxygen atoms in total. The fraction of sp³-hybridized carbons (Fsp3) is 0.450. The Morgan fingerprint density at radius 2 is 1.90 bits per heavy atom. The summed E-state index contributed by atoms with van der Waals surface area (Å²) in [6.45, 7) is 0.107. The highest BCUT2D eigenvalue weighted by Crippen LogP contribution is 2.20. The van der Waals surface area contributed by atoms with Gasteiger partial charge in [-0.15, -0.1) is 0 Å². The molecule has 1 N–H and O–H groups in total. The van der Waals surface area contributed by atoms with Crippen molar-refractivity contribution in [3.8, 4) is 5.75 Å². The normalized spacial score (nSPS) is 15.6. The lowest BCUT2D eigenvalue weighted by atomic mass is 9.84. The number of ether oxygens (including phenoxy) is 1. The van der Waals surface area contributed by atoms with Crippen molar-refractivity contribution in [3.05, 3.63) is 41.5 Å². The first-order valence-corrected chi connectivity index (χ1v) is 9.51. The summed E-state index contributed by atoms with van der Waals surface area (Å²) in [6, 6.07) is 4.96. The summed E-state index contributed by atoms with van der Waals surface area (Å²) in [7, 11) is 2.30. The first-order valence-electron chi connectivity index (χ1n) is 9.51. The zero-order valence-corrected chi connectivity index (χ0v) is 16.8. The number of benzene rings is 1. The minimum atomic E-state index is -0.947. The number of rotatable bonds is 9. The second-order valence-corrected chi connectivity index (χ2v) is 6.86. The number of carbonyl (C=O) groups is 3. The smallest absolute Gasteiger partial charge is 0.498 e. The third-order valence-corrected chi connectivity index (χ3v) is 4.43. The van der Waals surface area contributed by atoms with Crippen molar-refractivity contribution in [1.29, 1.82) is 0 Å². The van der Waals surface area contributed by atoms with Gasteiger partial charge in [-0.25, -0.2) is 4.79 Å². The van der Waals surface area contributed by atoms with Crippen LogP contribution in [0.5, 0.6) is 5.75 Å². The van der Waals surface area contributed by atoms with Gasteiger partial charge in [0.2, 0.25) is 0 Å². The predicted molar refractivity (Wildman–Crippen MR) is 107 cm³/mol. The number of likely N-dealkylation sites (N-methyl/N-ethyl adjacent to an activating group) is 1. The summed E-state index contributed by atoms with van der Waals surface area (Å²) >= 11 is 0. The zero-order chi connectivity index (χ0) is 21.2. The average molecular weight is 403 g/mol. The van der Waals surface area contributed by atoms with Gasteiger partial charge in [0.05, 0.1) is 25.8 Å². The molecule has 0 aromatic heterocycles. The van der Waals surface area contributed by atoms with Crippen LogP contribution in [0.15, 0.2) is 30.4 Å². The average Bonchev–Trinajstić information content (AvgIpc) is 2.65. The highest BCUT2D eigenvalue weighted by atomic mass is 16.6. The fourth-order valence-electron chi connectivity index (χ4n) is 3.00. The van der Waals surface area contributed by atoms with Crippen molar-refractivity contribution in [1.82, 2.24) is 4.90 Å². The number of allylic oxidation sites excluding steroid dienone is 2. The third kappa shape index (κ3) is 7.61. The van der Waals surface area contributed by atoms with Gasteiger partial charge in [0.25, 0.3) is 0 Å². The van der Waals surface area contributed by atoms with Gasteiger partial charge in [0.1, 0.15) is 5.75 Å². The van der Waals surface area contributed by atoms with Crippen LogP contribution in [0.4, 0.5) is 0 Å². The molecule has 1 aliphatic heterocycles. The Kier molecular flexibility index (Phi) is 8.73. The summed E-state index contributed by atoms with van der Waals surface area (Å²) in [5.74, 6) is -1.16. The van der Waals surface area contributed by atoms with E-state index in [0.29, 0.717) is 24.1 Å². The molecule has 1 heterocycles. The zero-order valence-electron chi connectivity index (χ0n) is 16.8.